The molecular weight excluding hydrogens is 364 g/mol. The SMILES string of the molecule is O=C(O)CN(CC(=O)O)CC(=O)O.O=C(O)CN(CC(=O)O)CC(=O)O. The summed E-state index contributed by atoms with van der Waals surface area (Å²) in [6.07, 6.45) is 0. The van der Waals surface area contributed by atoms with Crippen molar-refractivity contribution < 1.29 is 59.4 Å². The molecule has 0 saturated carbocycles. The van der Waals surface area contributed by atoms with E-state index in [9.17, 15) is 28.8 Å². The van der Waals surface area contributed by atoms with Gasteiger partial charge in [-0.25, -0.2) is 0 Å². The van der Waals surface area contributed by atoms with E-state index < -0.39 is 75.1 Å². The molecule has 148 valence electrons. The van der Waals surface area contributed by atoms with Gasteiger partial charge in [-0.1, -0.05) is 0 Å². The number of aliphatic carboxylic acids is 6. The summed E-state index contributed by atoms with van der Waals surface area (Å²) in [5.74, 6) is -7.57. The Hall–Kier alpha value is -3.26. The Morgan fingerprint density at radius 1 is 0.385 bits per heavy atom. The predicted octanol–water partition coefficient (Wildman–Crippen LogP) is -2.92. The molecule has 0 aromatic rings. The average Bonchev–Trinajstić information content (AvgIpc) is 2.33. The highest BCUT2D eigenvalue weighted by Crippen LogP contribution is 1.88. The van der Waals surface area contributed by atoms with Crippen molar-refractivity contribution in [1.29, 1.82) is 0 Å². The van der Waals surface area contributed by atoms with Gasteiger partial charge in [0.2, 0.25) is 0 Å². The highest BCUT2D eigenvalue weighted by atomic mass is 16.4. The normalized spacial score (nSPS) is 9.92. The number of hydrogen-bond donors (Lipinski definition) is 6. The zero-order chi connectivity index (χ0) is 20.9. The number of carboxylic acid groups (broad SMARTS) is 6. The van der Waals surface area contributed by atoms with Crippen LogP contribution in [0.25, 0.3) is 0 Å². The van der Waals surface area contributed by atoms with Crippen molar-refractivity contribution in [2.24, 2.45) is 0 Å². The Morgan fingerprint density at radius 3 is 0.577 bits per heavy atom. The third-order valence-corrected chi connectivity index (χ3v) is 2.15. The molecule has 0 aromatic carbocycles. The van der Waals surface area contributed by atoms with Crippen molar-refractivity contribution in [3.63, 3.8) is 0 Å². The lowest BCUT2D eigenvalue weighted by atomic mass is 10.4. The van der Waals surface area contributed by atoms with E-state index >= 15 is 0 Å². The summed E-state index contributed by atoms with van der Waals surface area (Å²) in [6.45, 7) is -3.59. The quantitative estimate of drug-likeness (QED) is 0.199. The number of nitrogens with zero attached hydrogens (tertiary/aromatic N) is 2. The molecular formula is C12H18N2O12. The van der Waals surface area contributed by atoms with Gasteiger partial charge in [-0.3, -0.25) is 38.6 Å². The second kappa shape index (κ2) is 13.1. The third-order valence-electron chi connectivity index (χ3n) is 2.15. The lowest BCUT2D eigenvalue weighted by Crippen LogP contribution is -2.38. The maximum atomic E-state index is 10.1. The van der Waals surface area contributed by atoms with E-state index in [0.717, 1.165) is 9.80 Å². The molecule has 0 saturated heterocycles. The van der Waals surface area contributed by atoms with Crippen LogP contribution in [-0.2, 0) is 28.8 Å². The summed E-state index contributed by atoms with van der Waals surface area (Å²) in [4.78, 5) is 62.5. The van der Waals surface area contributed by atoms with Crippen LogP contribution in [0.1, 0.15) is 0 Å². The molecule has 26 heavy (non-hydrogen) atoms. The van der Waals surface area contributed by atoms with E-state index in [-0.39, 0.29) is 0 Å². The summed E-state index contributed by atoms with van der Waals surface area (Å²) < 4.78 is 0. The van der Waals surface area contributed by atoms with Crippen LogP contribution in [0.15, 0.2) is 0 Å². The van der Waals surface area contributed by atoms with Crippen LogP contribution in [0.5, 0.6) is 0 Å². The lowest BCUT2D eigenvalue weighted by Gasteiger charge is -2.14. The highest BCUT2D eigenvalue weighted by Gasteiger charge is 2.16. The van der Waals surface area contributed by atoms with Gasteiger partial charge in [0, 0.05) is 0 Å². The predicted molar refractivity (Wildman–Crippen MR) is 78.7 cm³/mol. The molecule has 0 atom stereocenters. The van der Waals surface area contributed by atoms with Crippen molar-refractivity contribution in [2.75, 3.05) is 39.3 Å². The molecule has 0 aliphatic carbocycles. The van der Waals surface area contributed by atoms with Crippen molar-refractivity contribution in [3.8, 4) is 0 Å². The van der Waals surface area contributed by atoms with E-state index in [2.05, 4.69) is 0 Å². The second-order valence-corrected chi connectivity index (χ2v) is 4.65. The zero-order valence-electron chi connectivity index (χ0n) is 13.3. The number of rotatable bonds is 12. The van der Waals surface area contributed by atoms with Gasteiger partial charge in [-0.05, 0) is 0 Å². The van der Waals surface area contributed by atoms with Crippen LogP contribution in [0, 0.1) is 0 Å². The topological polar surface area (TPSA) is 230 Å². The van der Waals surface area contributed by atoms with E-state index in [0.29, 0.717) is 0 Å². The average molecular weight is 382 g/mol. The van der Waals surface area contributed by atoms with Crippen molar-refractivity contribution in [2.45, 2.75) is 0 Å². The first-order valence-electron chi connectivity index (χ1n) is 6.59. The minimum absolute atomic E-state index is 0.599. The molecule has 0 aliphatic rings. The van der Waals surface area contributed by atoms with Gasteiger partial charge in [0.1, 0.15) is 0 Å². The van der Waals surface area contributed by atoms with E-state index in [1.807, 2.05) is 0 Å². The minimum Gasteiger partial charge on any atom is -0.480 e. The Morgan fingerprint density at radius 2 is 0.500 bits per heavy atom. The van der Waals surface area contributed by atoms with Crippen molar-refractivity contribution >= 4 is 35.8 Å². The van der Waals surface area contributed by atoms with E-state index in [1.165, 1.54) is 0 Å². The maximum Gasteiger partial charge on any atom is 0.317 e. The highest BCUT2D eigenvalue weighted by molar-refractivity contribution is 5.76. The smallest absolute Gasteiger partial charge is 0.317 e. The van der Waals surface area contributed by atoms with Crippen molar-refractivity contribution in [3.05, 3.63) is 0 Å². The van der Waals surface area contributed by atoms with Gasteiger partial charge in [0.25, 0.3) is 0 Å². The summed E-state index contributed by atoms with van der Waals surface area (Å²) >= 11 is 0. The standard InChI is InChI=1S/2C6H9NO6/c2*8-4(9)1-7(2-5(10)11)3-6(12)13/h2*1-3H2,(H,8,9)(H,10,11)(H,12,13). The van der Waals surface area contributed by atoms with Gasteiger partial charge in [0.15, 0.2) is 0 Å². The van der Waals surface area contributed by atoms with E-state index in [4.69, 9.17) is 30.6 Å². The molecule has 0 radical (unpaired) electrons. The minimum atomic E-state index is -1.26. The summed E-state index contributed by atoms with van der Waals surface area (Å²) in [6, 6.07) is 0. The molecule has 0 rings (SSSR count). The summed E-state index contributed by atoms with van der Waals surface area (Å²) in [5, 5.41) is 49.7. The molecule has 0 bridgehead atoms. The van der Waals surface area contributed by atoms with Crippen LogP contribution >= 0.6 is 0 Å². The first kappa shape index (κ1) is 25.0. The lowest BCUT2D eigenvalue weighted by molar-refractivity contribution is -0.147. The fraction of sp³-hybridized carbons (Fsp3) is 0.500. The monoisotopic (exact) mass is 382 g/mol. The molecule has 0 aliphatic heterocycles. The van der Waals surface area contributed by atoms with Crippen LogP contribution in [0.3, 0.4) is 0 Å². The zero-order valence-corrected chi connectivity index (χ0v) is 13.3. The first-order valence-corrected chi connectivity index (χ1v) is 6.59. The van der Waals surface area contributed by atoms with Gasteiger partial charge in [-0.15, -0.1) is 0 Å². The molecule has 0 aromatic heterocycles. The molecule has 0 amide bonds. The Kier molecular flexibility index (Phi) is 12.6. The molecule has 0 unspecified atom stereocenters. The second-order valence-electron chi connectivity index (χ2n) is 4.65. The largest absolute Gasteiger partial charge is 0.480 e. The van der Waals surface area contributed by atoms with Crippen LogP contribution in [0.4, 0.5) is 0 Å². The fourth-order valence-electron chi connectivity index (χ4n) is 1.48. The molecule has 0 heterocycles. The van der Waals surface area contributed by atoms with Crippen LogP contribution in [-0.4, -0.2) is 116 Å². The third kappa shape index (κ3) is 18.8. The molecule has 14 nitrogen and oxygen atoms in total. The van der Waals surface area contributed by atoms with Crippen molar-refractivity contribution in [1.82, 2.24) is 9.80 Å². The fourth-order valence-corrected chi connectivity index (χ4v) is 1.48. The van der Waals surface area contributed by atoms with Gasteiger partial charge in [0.05, 0.1) is 39.3 Å². The van der Waals surface area contributed by atoms with Gasteiger partial charge >= 0.3 is 35.8 Å². The first-order chi connectivity index (χ1) is 11.8. The Balaban J connectivity index is 0. The number of carbonyl (C=O) groups is 6. The van der Waals surface area contributed by atoms with Crippen LogP contribution < -0.4 is 0 Å². The Labute approximate surface area is 145 Å². The molecule has 14 heteroatoms. The number of hydrogen-bond acceptors (Lipinski definition) is 8. The van der Waals surface area contributed by atoms with Gasteiger partial charge in [-0.2, -0.15) is 0 Å². The van der Waals surface area contributed by atoms with Crippen LogP contribution in [0.2, 0.25) is 0 Å². The van der Waals surface area contributed by atoms with E-state index in [1.54, 1.807) is 0 Å². The summed E-state index contributed by atoms with van der Waals surface area (Å²) in [5.41, 5.74) is 0. The molecule has 6 N–H and O–H groups in total. The van der Waals surface area contributed by atoms with Gasteiger partial charge < -0.3 is 30.6 Å². The number of carboxylic acids is 6. The summed E-state index contributed by atoms with van der Waals surface area (Å²) in [7, 11) is 0. The Bertz CT molecular complexity index is 422. The maximum absolute atomic E-state index is 10.1. The molecule has 0 spiro atoms. The molecule has 0 fully saturated rings.